The Balaban J connectivity index is 1.54. The van der Waals surface area contributed by atoms with Gasteiger partial charge in [-0.15, -0.1) is 0 Å². The summed E-state index contributed by atoms with van der Waals surface area (Å²) in [5.41, 5.74) is 1.76. The molecule has 0 bridgehead atoms. The third-order valence-electron chi connectivity index (χ3n) is 4.30. The minimum Gasteiger partial charge on any atom is -0.492 e. The fourth-order valence-electron chi connectivity index (χ4n) is 2.80. The van der Waals surface area contributed by atoms with Crippen molar-refractivity contribution in [3.8, 4) is 17.2 Å². The van der Waals surface area contributed by atoms with Gasteiger partial charge in [-0.1, -0.05) is 41.4 Å². The Bertz CT molecular complexity index is 1070. The fourth-order valence-corrected chi connectivity index (χ4v) is 3.26. The Morgan fingerprint density at radius 3 is 2.56 bits per heavy atom. The molecule has 0 unspecified atom stereocenters. The van der Waals surface area contributed by atoms with Crippen molar-refractivity contribution in [3.05, 3.63) is 82.1 Å². The maximum Gasteiger partial charge on any atom is 0.311 e. The predicted octanol–water partition coefficient (Wildman–Crippen LogP) is 6.72. The highest BCUT2D eigenvalue weighted by Gasteiger charge is 2.11. The number of pyridine rings is 1. The lowest BCUT2D eigenvalue weighted by Gasteiger charge is -2.12. The molecule has 3 aromatic rings. The summed E-state index contributed by atoms with van der Waals surface area (Å²) in [6.45, 7) is 2.65. The van der Waals surface area contributed by atoms with Crippen LogP contribution in [0.5, 0.6) is 17.2 Å². The third-order valence-corrected chi connectivity index (χ3v) is 4.83. The number of aromatic nitrogens is 1. The van der Waals surface area contributed by atoms with Gasteiger partial charge in [-0.05, 0) is 67.4 Å². The normalized spacial score (nSPS) is 10.8. The second-order valence-corrected chi connectivity index (χ2v) is 7.57. The summed E-state index contributed by atoms with van der Waals surface area (Å²) in [5, 5.41) is 0.966. The molecular formula is C25H23Cl2NO4. The number of esters is 1. The topological polar surface area (TPSA) is 57.7 Å². The van der Waals surface area contributed by atoms with Gasteiger partial charge < -0.3 is 14.2 Å². The number of nitrogens with zero attached hydrogens (tertiary/aromatic N) is 1. The quantitative estimate of drug-likeness (QED) is 0.186. The highest BCUT2D eigenvalue weighted by molar-refractivity contribution is 6.35. The molecule has 32 heavy (non-hydrogen) atoms. The predicted molar refractivity (Wildman–Crippen MR) is 128 cm³/mol. The van der Waals surface area contributed by atoms with Crippen molar-refractivity contribution in [2.45, 2.75) is 19.8 Å². The molecule has 7 heteroatoms. The number of hydrogen-bond acceptors (Lipinski definition) is 5. The zero-order valence-electron chi connectivity index (χ0n) is 17.6. The van der Waals surface area contributed by atoms with Gasteiger partial charge >= 0.3 is 5.97 Å². The molecule has 0 aliphatic carbocycles. The molecule has 5 nitrogen and oxygen atoms in total. The maximum absolute atomic E-state index is 12.3. The van der Waals surface area contributed by atoms with E-state index in [1.807, 2.05) is 49.4 Å². The first-order valence-corrected chi connectivity index (χ1v) is 10.9. The Labute approximate surface area is 197 Å². The average molecular weight is 472 g/mol. The monoisotopic (exact) mass is 471 g/mol. The number of carbonyl (C=O) groups excluding carboxylic acids is 1. The van der Waals surface area contributed by atoms with E-state index in [9.17, 15) is 4.79 Å². The summed E-state index contributed by atoms with van der Waals surface area (Å²) < 4.78 is 16.8. The van der Waals surface area contributed by atoms with Crippen molar-refractivity contribution in [2.24, 2.45) is 0 Å². The average Bonchev–Trinajstić information content (AvgIpc) is 2.79. The molecule has 2 aromatic carbocycles. The number of rotatable bonds is 10. The minimum absolute atomic E-state index is 0.193. The van der Waals surface area contributed by atoms with Crippen LogP contribution in [0.4, 0.5) is 0 Å². The van der Waals surface area contributed by atoms with E-state index in [4.69, 9.17) is 37.4 Å². The Morgan fingerprint density at radius 2 is 1.81 bits per heavy atom. The molecular weight excluding hydrogens is 449 g/mol. The van der Waals surface area contributed by atoms with Gasteiger partial charge in [0, 0.05) is 17.6 Å². The molecule has 0 saturated heterocycles. The molecule has 0 saturated carbocycles. The molecule has 0 fully saturated rings. The molecule has 0 aliphatic heterocycles. The first kappa shape index (κ1) is 23.6. The van der Waals surface area contributed by atoms with Crippen molar-refractivity contribution in [3.63, 3.8) is 0 Å². The SMILES string of the molecule is CCOc1cc(/C=C/c2ccccn2)ccc1OC(=O)CCCOc1ccc(Cl)cc1Cl. The highest BCUT2D eigenvalue weighted by Crippen LogP contribution is 2.30. The molecule has 0 spiro atoms. The number of benzene rings is 2. The van der Waals surface area contributed by atoms with E-state index in [-0.39, 0.29) is 12.4 Å². The van der Waals surface area contributed by atoms with Crippen LogP contribution >= 0.6 is 23.2 Å². The van der Waals surface area contributed by atoms with Crippen LogP contribution in [0.3, 0.4) is 0 Å². The first-order valence-electron chi connectivity index (χ1n) is 10.2. The maximum atomic E-state index is 12.3. The van der Waals surface area contributed by atoms with Gasteiger partial charge in [-0.3, -0.25) is 9.78 Å². The van der Waals surface area contributed by atoms with E-state index in [0.717, 1.165) is 11.3 Å². The van der Waals surface area contributed by atoms with E-state index < -0.39 is 0 Å². The molecule has 166 valence electrons. The van der Waals surface area contributed by atoms with Crippen LogP contribution in [0, 0.1) is 0 Å². The number of ether oxygens (including phenoxy) is 3. The van der Waals surface area contributed by atoms with Crippen LogP contribution in [-0.2, 0) is 4.79 Å². The Morgan fingerprint density at radius 1 is 0.969 bits per heavy atom. The number of hydrogen-bond donors (Lipinski definition) is 0. The Kier molecular flexibility index (Phi) is 8.96. The molecule has 0 amide bonds. The van der Waals surface area contributed by atoms with Crippen molar-refractivity contribution >= 4 is 41.3 Å². The van der Waals surface area contributed by atoms with Crippen LogP contribution in [0.15, 0.2) is 60.8 Å². The van der Waals surface area contributed by atoms with E-state index in [1.165, 1.54) is 0 Å². The van der Waals surface area contributed by atoms with Gasteiger partial charge in [0.1, 0.15) is 5.75 Å². The van der Waals surface area contributed by atoms with Gasteiger partial charge in [0.15, 0.2) is 11.5 Å². The lowest BCUT2D eigenvalue weighted by molar-refractivity contribution is -0.134. The summed E-state index contributed by atoms with van der Waals surface area (Å²) in [4.78, 5) is 16.6. The molecule has 0 aliphatic rings. The second kappa shape index (κ2) is 12.1. The van der Waals surface area contributed by atoms with Crippen LogP contribution in [-0.4, -0.2) is 24.2 Å². The van der Waals surface area contributed by atoms with Crippen molar-refractivity contribution in [1.82, 2.24) is 4.98 Å². The minimum atomic E-state index is -0.367. The van der Waals surface area contributed by atoms with Crippen LogP contribution in [0.1, 0.15) is 31.0 Å². The summed E-state index contributed by atoms with van der Waals surface area (Å²) in [6.07, 6.45) is 6.24. The third kappa shape index (κ3) is 7.29. The standard InChI is InChI=1S/C25H23Cl2NO4/c1-2-30-24-16-18(8-11-20-6-3-4-14-28-20)9-12-23(24)32-25(29)7-5-15-31-22-13-10-19(26)17-21(22)27/h3-4,6,8-14,16-17H,2,5,7,15H2,1H3/b11-8+. The van der Waals surface area contributed by atoms with Crippen molar-refractivity contribution < 1.29 is 19.0 Å². The van der Waals surface area contributed by atoms with Crippen LogP contribution in [0.25, 0.3) is 12.2 Å². The largest absolute Gasteiger partial charge is 0.492 e. The molecule has 1 aromatic heterocycles. The lowest BCUT2D eigenvalue weighted by atomic mass is 10.1. The molecule has 0 atom stereocenters. The lowest BCUT2D eigenvalue weighted by Crippen LogP contribution is -2.11. The summed E-state index contributed by atoms with van der Waals surface area (Å²) >= 11 is 11.9. The first-order chi connectivity index (χ1) is 15.5. The summed E-state index contributed by atoms with van der Waals surface area (Å²) in [7, 11) is 0. The van der Waals surface area contributed by atoms with Gasteiger partial charge in [-0.2, -0.15) is 0 Å². The van der Waals surface area contributed by atoms with E-state index in [0.29, 0.717) is 46.9 Å². The van der Waals surface area contributed by atoms with E-state index >= 15 is 0 Å². The summed E-state index contributed by atoms with van der Waals surface area (Å²) in [6, 6.07) is 16.1. The van der Waals surface area contributed by atoms with Gasteiger partial charge in [0.25, 0.3) is 0 Å². The van der Waals surface area contributed by atoms with Crippen molar-refractivity contribution in [2.75, 3.05) is 13.2 Å². The molecule has 1 heterocycles. The number of carbonyl (C=O) groups is 1. The fraction of sp³-hybridized carbons (Fsp3) is 0.200. The van der Waals surface area contributed by atoms with E-state index in [1.54, 1.807) is 30.5 Å². The summed E-state index contributed by atoms with van der Waals surface area (Å²) in [5.74, 6) is 1.05. The van der Waals surface area contributed by atoms with E-state index in [2.05, 4.69) is 4.98 Å². The number of halogens is 2. The van der Waals surface area contributed by atoms with Crippen LogP contribution < -0.4 is 14.2 Å². The molecule has 0 radical (unpaired) electrons. The second-order valence-electron chi connectivity index (χ2n) is 6.73. The van der Waals surface area contributed by atoms with Gasteiger partial charge in [0.05, 0.1) is 23.9 Å². The van der Waals surface area contributed by atoms with Crippen LogP contribution in [0.2, 0.25) is 10.0 Å². The zero-order valence-corrected chi connectivity index (χ0v) is 19.1. The Hall–Kier alpha value is -3.02. The molecule has 0 N–H and O–H groups in total. The van der Waals surface area contributed by atoms with Crippen molar-refractivity contribution in [1.29, 1.82) is 0 Å². The smallest absolute Gasteiger partial charge is 0.311 e. The van der Waals surface area contributed by atoms with Gasteiger partial charge in [-0.25, -0.2) is 0 Å². The molecule has 3 rings (SSSR count). The highest BCUT2D eigenvalue weighted by atomic mass is 35.5. The zero-order chi connectivity index (χ0) is 22.8. The van der Waals surface area contributed by atoms with Gasteiger partial charge in [0.2, 0.25) is 0 Å².